The van der Waals surface area contributed by atoms with E-state index in [9.17, 15) is 4.79 Å². The number of benzene rings is 4. The molecule has 0 aliphatic carbocycles. The van der Waals surface area contributed by atoms with E-state index in [-0.39, 0.29) is 0 Å². The lowest BCUT2D eigenvalue weighted by Gasteiger charge is -2.00. The first-order chi connectivity index (χ1) is 21.7. The number of carbonyl (C=O) groups excluding carboxylic acids is 1. The molecule has 9 rings (SSSR count). The molecule has 7 aromatic rings. The predicted octanol–water partition coefficient (Wildman–Crippen LogP) is 7.38. The molecule has 0 saturated carbocycles. The van der Waals surface area contributed by atoms with Gasteiger partial charge in [-0.25, -0.2) is 34.7 Å². The number of halogens is 1. The Kier molecular flexibility index (Phi) is 5.38. The van der Waals surface area contributed by atoms with Crippen LogP contribution in [0.2, 0.25) is 0 Å². The summed E-state index contributed by atoms with van der Waals surface area (Å²) in [6.45, 7) is 0. The Balaban J connectivity index is 1.51. The van der Waals surface area contributed by atoms with Crippen molar-refractivity contribution in [2.75, 3.05) is 0 Å². The van der Waals surface area contributed by atoms with Gasteiger partial charge in [0, 0.05) is 43.8 Å². The molecule has 0 amide bonds. The normalized spacial score (nSPS) is 11.8. The molecule has 10 nitrogen and oxygen atoms in total. The van der Waals surface area contributed by atoms with Crippen LogP contribution in [0.15, 0.2) is 91.0 Å². The van der Waals surface area contributed by atoms with Gasteiger partial charge in [0.2, 0.25) is 0 Å². The van der Waals surface area contributed by atoms with Gasteiger partial charge >= 0.3 is 5.97 Å². The van der Waals surface area contributed by atoms with Gasteiger partial charge in [-0.05, 0) is 6.07 Å². The number of nitrogens with one attached hydrogen (secondary N) is 2. The Morgan fingerprint density at radius 2 is 0.909 bits per heavy atom. The molecule has 3 aromatic heterocycles. The second-order valence-electron chi connectivity index (χ2n) is 10.3. The summed E-state index contributed by atoms with van der Waals surface area (Å²) in [5.74, 6) is 1.49. The Labute approximate surface area is 262 Å². The van der Waals surface area contributed by atoms with Crippen molar-refractivity contribution in [3.05, 3.63) is 96.6 Å². The molecule has 5 heterocycles. The van der Waals surface area contributed by atoms with Crippen molar-refractivity contribution in [1.29, 1.82) is 0 Å². The summed E-state index contributed by atoms with van der Waals surface area (Å²) in [4.78, 5) is 49.4. The van der Waals surface area contributed by atoms with Crippen LogP contribution in [0.25, 0.3) is 89.7 Å². The molecule has 0 radical (unpaired) electrons. The largest absolute Gasteiger partial charge is 0.391 e. The summed E-state index contributed by atoms with van der Waals surface area (Å²) < 4.78 is 5.10. The number of rotatable bonds is 1. The van der Waals surface area contributed by atoms with Gasteiger partial charge in [0.05, 0.1) is 5.56 Å². The molecule has 2 N–H and O–H groups in total. The van der Waals surface area contributed by atoms with Crippen LogP contribution in [0.1, 0.15) is 10.4 Å². The molecule has 44 heavy (non-hydrogen) atoms. The standard InChI is InChI=1S/C33H17IN8O2/c34-44-33(43)23-15-7-14-22-24(23)32-41-30-21-13-6-5-12-20(21)28(39-30)37-26-17-9-2-1-8-16(17)25(35-26)36-27-18-10-3-4-11-19(18)29(38-27)40-31(22)42-32/h1-15H,(H2,35,36,37,38,39,40,41,42). The van der Waals surface area contributed by atoms with Crippen LogP contribution in [-0.4, -0.2) is 45.8 Å². The van der Waals surface area contributed by atoms with Crippen molar-refractivity contribution in [1.82, 2.24) is 39.9 Å². The number of hydrogen-bond acceptors (Lipinski definition) is 8. The molecule has 0 fully saturated rings. The average molecular weight is 684 g/mol. The van der Waals surface area contributed by atoms with E-state index >= 15 is 0 Å². The molecule has 11 heteroatoms. The molecule has 8 bridgehead atoms. The zero-order chi connectivity index (χ0) is 29.4. The molecule has 0 saturated heterocycles. The highest BCUT2D eigenvalue weighted by Crippen LogP contribution is 2.37. The van der Waals surface area contributed by atoms with Crippen molar-refractivity contribution in [3.8, 4) is 45.6 Å². The Hall–Kier alpha value is -5.56. The first kappa shape index (κ1) is 25.0. The monoisotopic (exact) mass is 684 g/mol. The lowest BCUT2D eigenvalue weighted by molar-refractivity contribution is 0.0802. The average Bonchev–Trinajstić information content (AvgIpc) is 3.80. The summed E-state index contributed by atoms with van der Waals surface area (Å²) in [5, 5.41) is 3.08. The van der Waals surface area contributed by atoms with E-state index in [0.717, 1.165) is 33.0 Å². The van der Waals surface area contributed by atoms with E-state index in [1.165, 1.54) is 0 Å². The lowest BCUT2D eigenvalue weighted by Crippen LogP contribution is -1.98. The van der Waals surface area contributed by atoms with E-state index in [0.29, 0.717) is 62.2 Å². The smallest absolute Gasteiger partial charge is 0.348 e. The fourth-order valence-electron chi connectivity index (χ4n) is 5.90. The van der Waals surface area contributed by atoms with Crippen molar-refractivity contribution in [2.24, 2.45) is 0 Å². The summed E-state index contributed by atoms with van der Waals surface area (Å²) in [6, 6.07) is 29.0. The number of carbonyl (C=O) groups is 1. The highest BCUT2D eigenvalue weighted by molar-refractivity contribution is 14.1. The van der Waals surface area contributed by atoms with Gasteiger partial charge in [0.25, 0.3) is 0 Å². The van der Waals surface area contributed by atoms with E-state index in [1.54, 1.807) is 35.1 Å². The number of aromatic nitrogens is 8. The molecule has 2 aliphatic rings. The van der Waals surface area contributed by atoms with Crippen LogP contribution < -0.4 is 0 Å². The minimum atomic E-state index is -0.493. The maximum atomic E-state index is 12.9. The first-order valence-electron chi connectivity index (χ1n) is 13.7. The SMILES string of the molecule is O=C(OI)c1cccc2c3nc4nc(nc5[nH]c(nc6nc(nc([nH]3)c12)-c1ccccc1-6)c1ccccc51)-c1ccccc1-4. The third-order valence-electron chi connectivity index (χ3n) is 7.87. The molecule has 0 spiro atoms. The van der Waals surface area contributed by atoms with Crippen LogP contribution in [0, 0.1) is 0 Å². The minimum absolute atomic E-state index is 0.355. The molecule has 208 valence electrons. The third-order valence-corrected chi connectivity index (χ3v) is 8.27. The van der Waals surface area contributed by atoms with Gasteiger partial charge in [-0.15, -0.1) is 0 Å². The van der Waals surface area contributed by atoms with E-state index in [1.807, 2.05) is 78.9 Å². The molecule has 2 aliphatic heterocycles. The maximum Gasteiger partial charge on any atom is 0.348 e. The first-order valence-corrected chi connectivity index (χ1v) is 14.6. The summed E-state index contributed by atoms with van der Waals surface area (Å²) >= 11 is 1.60. The topological polar surface area (TPSA) is 135 Å². The van der Waals surface area contributed by atoms with Crippen LogP contribution in [0.3, 0.4) is 0 Å². The van der Waals surface area contributed by atoms with Gasteiger partial charge in [0.1, 0.15) is 22.6 Å². The highest BCUT2D eigenvalue weighted by Gasteiger charge is 2.23. The van der Waals surface area contributed by atoms with E-state index < -0.39 is 5.97 Å². The van der Waals surface area contributed by atoms with Gasteiger partial charge in [0.15, 0.2) is 46.3 Å². The van der Waals surface area contributed by atoms with E-state index in [2.05, 4.69) is 9.97 Å². The zero-order valence-corrected chi connectivity index (χ0v) is 24.7. The Morgan fingerprint density at radius 1 is 0.500 bits per heavy atom. The highest BCUT2D eigenvalue weighted by atomic mass is 127. The Bertz CT molecular complexity index is 2530. The van der Waals surface area contributed by atoms with Crippen molar-refractivity contribution in [3.63, 3.8) is 0 Å². The second-order valence-corrected chi connectivity index (χ2v) is 10.8. The van der Waals surface area contributed by atoms with Gasteiger partial charge in [-0.3, -0.25) is 0 Å². The summed E-state index contributed by atoms with van der Waals surface area (Å²) in [7, 11) is 0. The number of fused-ring (bicyclic) bond motifs is 20. The zero-order valence-electron chi connectivity index (χ0n) is 22.5. The minimum Gasteiger partial charge on any atom is -0.391 e. The maximum absolute atomic E-state index is 12.9. The van der Waals surface area contributed by atoms with Crippen LogP contribution in [0.4, 0.5) is 0 Å². The Morgan fingerprint density at radius 3 is 1.41 bits per heavy atom. The van der Waals surface area contributed by atoms with Gasteiger partial charge in [-0.2, -0.15) is 0 Å². The second kappa shape index (κ2) is 9.47. The fraction of sp³-hybridized carbons (Fsp3) is 0. The third kappa shape index (κ3) is 3.69. The molecule has 0 atom stereocenters. The predicted molar refractivity (Wildman–Crippen MR) is 175 cm³/mol. The summed E-state index contributed by atoms with van der Waals surface area (Å²) in [5.41, 5.74) is 5.90. The van der Waals surface area contributed by atoms with Crippen molar-refractivity contribution < 1.29 is 7.86 Å². The number of hydrogen-bond donors (Lipinski definition) is 2. The molecular formula is C33H17IN8O2. The number of aromatic amines is 2. The number of nitrogens with zero attached hydrogens (tertiary/aromatic N) is 6. The van der Waals surface area contributed by atoms with Crippen LogP contribution in [0.5, 0.6) is 0 Å². The summed E-state index contributed by atoms with van der Waals surface area (Å²) in [6.07, 6.45) is 0. The molecule has 0 unspecified atom stereocenters. The van der Waals surface area contributed by atoms with Crippen molar-refractivity contribution >= 4 is 73.1 Å². The van der Waals surface area contributed by atoms with Crippen LogP contribution in [-0.2, 0) is 3.07 Å². The lowest BCUT2D eigenvalue weighted by atomic mass is 10.1. The quantitative estimate of drug-likeness (QED) is 0.171. The van der Waals surface area contributed by atoms with Crippen molar-refractivity contribution in [2.45, 2.75) is 0 Å². The van der Waals surface area contributed by atoms with Crippen LogP contribution >= 0.6 is 23.0 Å². The van der Waals surface area contributed by atoms with Gasteiger partial charge in [-0.1, -0.05) is 84.9 Å². The molecule has 4 aromatic carbocycles. The fourth-order valence-corrected chi connectivity index (χ4v) is 6.14. The number of H-pyrrole nitrogens is 2. The molecular weight excluding hydrogens is 667 g/mol. The van der Waals surface area contributed by atoms with Gasteiger partial charge < -0.3 is 13.0 Å². The van der Waals surface area contributed by atoms with E-state index in [4.69, 9.17) is 33.0 Å².